The summed E-state index contributed by atoms with van der Waals surface area (Å²) in [5.41, 5.74) is 4.51. The maximum atomic E-state index is 13.0. The fraction of sp³-hybridized carbons (Fsp3) is 0.190. The van der Waals surface area contributed by atoms with Gasteiger partial charge in [-0.2, -0.15) is 0 Å². The molecule has 0 fully saturated rings. The molecule has 156 valence electrons. The Bertz CT molecular complexity index is 1160. The molecule has 2 aromatic carbocycles. The number of hydrogen-bond donors (Lipinski definition) is 3. The van der Waals surface area contributed by atoms with Crippen LogP contribution in [0.5, 0.6) is 0 Å². The number of anilines is 1. The third-order valence-electron chi connectivity index (χ3n) is 4.35. The molecule has 0 saturated heterocycles. The van der Waals surface area contributed by atoms with Crippen LogP contribution in [0.4, 0.5) is 5.69 Å². The summed E-state index contributed by atoms with van der Waals surface area (Å²) in [5.74, 6) is -2.13. The number of nitrogens with one attached hydrogen (secondary N) is 3. The number of amides is 3. The van der Waals surface area contributed by atoms with Crippen molar-refractivity contribution in [3.8, 4) is 0 Å². The molecule has 0 saturated carbocycles. The van der Waals surface area contributed by atoms with E-state index in [0.717, 1.165) is 10.0 Å². The zero-order chi connectivity index (χ0) is 22.0. The highest BCUT2D eigenvalue weighted by molar-refractivity contribution is 9.10. The number of hydrogen-bond acceptors (Lipinski definition) is 3. The van der Waals surface area contributed by atoms with Crippen LogP contribution in [0.15, 0.2) is 46.9 Å². The lowest BCUT2D eigenvalue weighted by Crippen LogP contribution is -2.42. The highest BCUT2D eigenvalue weighted by atomic mass is 79.9. The molecule has 0 aliphatic carbocycles. The van der Waals surface area contributed by atoms with Crippen molar-refractivity contribution in [2.24, 2.45) is 0 Å². The molecule has 3 amide bonds. The van der Waals surface area contributed by atoms with E-state index in [1.807, 2.05) is 6.07 Å². The van der Waals surface area contributed by atoms with Gasteiger partial charge in [-0.05, 0) is 62.7 Å². The topological polar surface area (TPSA) is 92.2 Å². The van der Waals surface area contributed by atoms with Crippen molar-refractivity contribution >= 4 is 61.8 Å². The molecule has 1 heterocycles. The lowest BCUT2D eigenvalue weighted by molar-refractivity contribution is -0.137. The van der Waals surface area contributed by atoms with Crippen molar-refractivity contribution in [1.29, 1.82) is 0 Å². The van der Waals surface area contributed by atoms with Gasteiger partial charge in [0, 0.05) is 26.6 Å². The van der Waals surface area contributed by atoms with Crippen molar-refractivity contribution in [3.63, 3.8) is 0 Å². The minimum absolute atomic E-state index is 0.160. The van der Waals surface area contributed by atoms with Gasteiger partial charge in [-0.3, -0.25) is 19.8 Å². The molecule has 0 bridgehead atoms. The maximum absolute atomic E-state index is 13.0. The Hall–Kier alpha value is -2.84. The lowest BCUT2D eigenvalue weighted by atomic mass is 10.2. The van der Waals surface area contributed by atoms with Crippen LogP contribution in [-0.4, -0.2) is 28.4 Å². The molecule has 0 unspecified atom stereocenters. The number of halogens is 2. The van der Waals surface area contributed by atoms with Crippen molar-refractivity contribution in [2.45, 2.75) is 26.8 Å². The Labute approximate surface area is 186 Å². The number of carbonyl (C=O) groups excluding carboxylic acids is 3. The molecule has 0 spiro atoms. The molecular weight excluding hydrogens is 472 g/mol. The largest absolute Gasteiger partial charge is 0.346 e. The van der Waals surface area contributed by atoms with E-state index >= 15 is 0 Å². The molecule has 0 radical (unpaired) electrons. The molecular formula is C21H20BrClN4O3. The van der Waals surface area contributed by atoms with Crippen molar-refractivity contribution in [3.05, 3.63) is 63.2 Å². The normalized spacial score (nSPS) is 10.9. The number of benzene rings is 2. The third-order valence-corrected chi connectivity index (χ3v) is 5.25. The van der Waals surface area contributed by atoms with Gasteiger partial charge in [0.25, 0.3) is 5.91 Å². The second-order valence-corrected chi connectivity index (χ2v) is 8.33. The number of aromatic nitrogens is 1. The summed E-state index contributed by atoms with van der Waals surface area (Å²) in [4.78, 5) is 37.5. The minimum Gasteiger partial charge on any atom is -0.346 e. The minimum atomic E-state index is -0.878. The zero-order valence-corrected chi connectivity index (χ0v) is 18.9. The quantitative estimate of drug-likeness (QED) is 0.477. The van der Waals surface area contributed by atoms with Gasteiger partial charge >= 0.3 is 11.8 Å². The predicted molar refractivity (Wildman–Crippen MR) is 121 cm³/mol. The Morgan fingerprint density at radius 3 is 2.50 bits per heavy atom. The molecule has 0 aliphatic heterocycles. The molecule has 1 aromatic heterocycles. The standard InChI is InChI=1S/C21H20BrClN4O3/c1-11(2)24-20(29)21(30)26-27-17-8-7-14(22)9-13(17)10-18(27)19(28)25-16-6-4-5-15(23)12(16)3/h4-11H,1-3H3,(H,24,29)(H,25,28)(H,26,30). The van der Waals surface area contributed by atoms with Crippen LogP contribution in [-0.2, 0) is 9.59 Å². The first kappa shape index (κ1) is 21.9. The Balaban J connectivity index is 1.99. The summed E-state index contributed by atoms with van der Waals surface area (Å²) in [6, 6.07) is 12.0. The third kappa shape index (κ3) is 4.66. The van der Waals surface area contributed by atoms with Crippen LogP contribution in [0.2, 0.25) is 5.02 Å². The van der Waals surface area contributed by atoms with Gasteiger partial charge in [0.05, 0.1) is 5.52 Å². The average Bonchev–Trinajstić information content (AvgIpc) is 3.02. The average molecular weight is 492 g/mol. The van der Waals surface area contributed by atoms with Crippen LogP contribution in [0.1, 0.15) is 29.9 Å². The van der Waals surface area contributed by atoms with Gasteiger partial charge in [0.1, 0.15) is 5.69 Å². The smallest absolute Gasteiger partial charge is 0.328 e. The van der Waals surface area contributed by atoms with E-state index in [-0.39, 0.29) is 11.7 Å². The maximum Gasteiger partial charge on any atom is 0.328 e. The van der Waals surface area contributed by atoms with Crippen LogP contribution in [0, 0.1) is 6.92 Å². The molecule has 3 aromatic rings. The summed E-state index contributed by atoms with van der Waals surface area (Å²) in [6.45, 7) is 5.29. The van der Waals surface area contributed by atoms with Crippen molar-refractivity contribution in [1.82, 2.24) is 9.99 Å². The highest BCUT2D eigenvalue weighted by Gasteiger charge is 2.21. The Morgan fingerprint density at radius 1 is 1.07 bits per heavy atom. The van der Waals surface area contributed by atoms with Gasteiger partial charge in [0.2, 0.25) is 0 Å². The fourth-order valence-electron chi connectivity index (χ4n) is 2.88. The van der Waals surface area contributed by atoms with Gasteiger partial charge in [-0.25, -0.2) is 4.68 Å². The summed E-state index contributed by atoms with van der Waals surface area (Å²) in [7, 11) is 0. The second-order valence-electron chi connectivity index (χ2n) is 7.00. The summed E-state index contributed by atoms with van der Waals surface area (Å²) >= 11 is 9.54. The lowest BCUT2D eigenvalue weighted by Gasteiger charge is -2.14. The van der Waals surface area contributed by atoms with Crippen LogP contribution in [0.25, 0.3) is 10.9 Å². The van der Waals surface area contributed by atoms with Crippen molar-refractivity contribution < 1.29 is 14.4 Å². The summed E-state index contributed by atoms with van der Waals surface area (Å²) in [5, 5.41) is 6.57. The van der Waals surface area contributed by atoms with Crippen molar-refractivity contribution in [2.75, 3.05) is 10.7 Å². The number of fused-ring (bicyclic) bond motifs is 1. The number of nitrogens with zero attached hydrogens (tertiary/aromatic N) is 1. The first-order valence-electron chi connectivity index (χ1n) is 9.16. The molecule has 30 heavy (non-hydrogen) atoms. The zero-order valence-electron chi connectivity index (χ0n) is 16.5. The first-order chi connectivity index (χ1) is 14.2. The van der Waals surface area contributed by atoms with E-state index in [9.17, 15) is 14.4 Å². The molecule has 9 heteroatoms. The molecule has 3 rings (SSSR count). The number of rotatable bonds is 4. The van der Waals surface area contributed by atoms with Gasteiger partial charge in [-0.1, -0.05) is 33.6 Å². The van der Waals surface area contributed by atoms with E-state index in [1.165, 1.54) is 4.68 Å². The molecule has 3 N–H and O–H groups in total. The summed E-state index contributed by atoms with van der Waals surface area (Å²) in [6.07, 6.45) is 0. The highest BCUT2D eigenvalue weighted by Crippen LogP contribution is 2.26. The van der Waals surface area contributed by atoms with E-state index in [0.29, 0.717) is 21.6 Å². The molecule has 7 nitrogen and oxygen atoms in total. The van der Waals surface area contributed by atoms with Gasteiger partial charge < -0.3 is 10.6 Å². The SMILES string of the molecule is Cc1c(Cl)cccc1NC(=O)c1cc2cc(Br)ccc2n1NC(=O)C(=O)NC(C)C. The van der Waals surface area contributed by atoms with E-state index in [2.05, 4.69) is 32.0 Å². The van der Waals surface area contributed by atoms with E-state index in [1.54, 1.807) is 57.2 Å². The van der Waals surface area contributed by atoms with Crippen LogP contribution < -0.4 is 16.1 Å². The number of carbonyl (C=O) groups is 3. The second kappa shape index (κ2) is 8.89. The van der Waals surface area contributed by atoms with Gasteiger partial charge in [-0.15, -0.1) is 0 Å². The first-order valence-corrected chi connectivity index (χ1v) is 10.3. The Kier molecular flexibility index (Phi) is 6.48. The molecule has 0 aliphatic rings. The van der Waals surface area contributed by atoms with Crippen LogP contribution >= 0.6 is 27.5 Å². The van der Waals surface area contributed by atoms with E-state index < -0.39 is 17.7 Å². The van der Waals surface area contributed by atoms with E-state index in [4.69, 9.17) is 11.6 Å². The fourth-order valence-corrected chi connectivity index (χ4v) is 3.44. The monoisotopic (exact) mass is 490 g/mol. The summed E-state index contributed by atoms with van der Waals surface area (Å²) < 4.78 is 2.12. The van der Waals surface area contributed by atoms with Gasteiger partial charge in [0.15, 0.2) is 0 Å². The predicted octanol–water partition coefficient (Wildman–Crippen LogP) is 4.21. The Morgan fingerprint density at radius 2 is 1.80 bits per heavy atom. The molecule has 0 atom stereocenters. The van der Waals surface area contributed by atoms with Crippen LogP contribution in [0.3, 0.4) is 0 Å².